The smallest absolute Gasteiger partial charge is 0.267 e. The van der Waals surface area contributed by atoms with Gasteiger partial charge in [0.1, 0.15) is 11.6 Å². The molecule has 122 valence electrons. The van der Waals surface area contributed by atoms with Gasteiger partial charge in [-0.15, -0.1) is 0 Å². The average Bonchev–Trinajstić information content (AvgIpc) is 2.56. The molecule has 0 spiro atoms. The molecule has 2 rings (SSSR count). The summed E-state index contributed by atoms with van der Waals surface area (Å²) in [7, 11) is 0. The number of benzene rings is 2. The average molecular weight is 384 g/mol. The summed E-state index contributed by atoms with van der Waals surface area (Å²) in [6.45, 7) is 2.59. The fraction of sp³-hybridized carbons (Fsp3) is 0.158. The number of aryl methyl sites for hydroxylation is 1. The SMILES string of the molecule is Cc1cccc(NC(=O)/C(C#N)=C\NCCc2ccc(Br)cc2)c1. The highest BCUT2D eigenvalue weighted by Gasteiger charge is 2.09. The predicted molar refractivity (Wildman–Crippen MR) is 99.4 cm³/mol. The first-order chi connectivity index (χ1) is 11.6. The number of nitrogens with zero attached hydrogens (tertiary/aromatic N) is 1. The Morgan fingerprint density at radius 2 is 2.00 bits per heavy atom. The molecule has 24 heavy (non-hydrogen) atoms. The fourth-order valence-corrected chi connectivity index (χ4v) is 2.38. The van der Waals surface area contributed by atoms with Crippen LogP contribution in [0, 0.1) is 18.3 Å². The van der Waals surface area contributed by atoms with Crippen molar-refractivity contribution in [3.05, 3.63) is 75.9 Å². The topological polar surface area (TPSA) is 64.9 Å². The summed E-state index contributed by atoms with van der Waals surface area (Å²) in [5, 5.41) is 14.9. The van der Waals surface area contributed by atoms with Gasteiger partial charge in [-0.3, -0.25) is 4.79 Å². The van der Waals surface area contributed by atoms with E-state index in [2.05, 4.69) is 26.6 Å². The van der Waals surface area contributed by atoms with Gasteiger partial charge < -0.3 is 10.6 Å². The summed E-state index contributed by atoms with van der Waals surface area (Å²) >= 11 is 3.40. The maximum atomic E-state index is 12.1. The van der Waals surface area contributed by atoms with Crippen molar-refractivity contribution in [3.63, 3.8) is 0 Å². The first-order valence-electron chi connectivity index (χ1n) is 7.54. The number of rotatable bonds is 6. The Morgan fingerprint density at radius 3 is 2.67 bits per heavy atom. The molecule has 0 unspecified atom stereocenters. The highest BCUT2D eigenvalue weighted by Crippen LogP contribution is 2.11. The first-order valence-corrected chi connectivity index (χ1v) is 8.34. The molecule has 0 aliphatic carbocycles. The summed E-state index contributed by atoms with van der Waals surface area (Å²) < 4.78 is 1.04. The second-order valence-electron chi connectivity index (χ2n) is 5.32. The summed E-state index contributed by atoms with van der Waals surface area (Å²) in [6, 6.07) is 17.4. The summed E-state index contributed by atoms with van der Waals surface area (Å²) in [5.41, 5.74) is 2.95. The Bertz CT molecular complexity index is 776. The molecule has 0 saturated heterocycles. The fourth-order valence-electron chi connectivity index (χ4n) is 2.11. The van der Waals surface area contributed by atoms with Crippen molar-refractivity contribution >= 4 is 27.5 Å². The second kappa shape index (κ2) is 8.90. The Kier molecular flexibility index (Phi) is 6.59. The molecule has 0 radical (unpaired) electrons. The van der Waals surface area contributed by atoms with Gasteiger partial charge in [0.15, 0.2) is 0 Å². The molecule has 0 atom stereocenters. The normalized spacial score (nSPS) is 10.8. The number of carbonyl (C=O) groups excluding carboxylic acids is 1. The molecule has 1 amide bonds. The third kappa shape index (κ3) is 5.56. The van der Waals surface area contributed by atoms with E-state index in [9.17, 15) is 4.79 Å². The molecular weight excluding hydrogens is 366 g/mol. The quantitative estimate of drug-likeness (QED) is 0.451. The maximum Gasteiger partial charge on any atom is 0.267 e. The van der Waals surface area contributed by atoms with E-state index in [1.807, 2.05) is 55.5 Å². The number of anilines is 1. The predicted octanol–water partition coefficient (Wildman–Crippen LogP) is 3.94. The summed E-state index contributed by atoms with van der Waals surface area (Å²) in [4.78, 5) is 12.1. The van der Waals surface area contributed by atoms with Crippen molar-refractivity contribution in [2.24, 2.45) is 0 Å². The van der Waals surface area contributed by atoms with E-state index >= 15 is 0 Å². The molecule has 0 bridgehead atoms. The third-order valence-electron chi connectivity index (χ3n) is 3.36. The first kappa shape index (κ1) is 17.8. The van der Waals surface area contributed by atoms with E-state index in [-0.39, 0.29) is 5.57 Å². The van der Waals surface area contributed by atoms with Gasteiger partial charge in [0, 0.05) is 22.9 Å². The monoisotopic (exact) mass is 383 g/mol. The molecule has 2 aromatic rings. The third-order valence-corrected chi connectivity index (χ3v) is 3.89. The van der Waals surface area contributed by atoms with E-state index in [0.717, 1.165) is 16.5 Å². The minimum atomic E-state index is -0.417. The van der Waals surface area contributed by atoms with Gasteiger partial charge in [0.05, 0.1) is 0 Å². The number of nitrogens with one attached hydrogen (secondary N) is 2. The molecule has 0 fully saturated rings. The van der Waals surface area contributed by atoms with Crippen molar-refractivity contribution in [1.82, 2.24) is 5.32 Å². The van der Waals surface area contributed by atoms with E-state index in [0.29, 0.717) is 12.2 Å². The lowest BCUT2D eigenvalue weighted by Gasteiger charge is -2.06. The van der Waals surface area contributed by atoms with Gasteiger partial charge >= 0.3 is 0 Å². The van der Waals surface area contributed by atoms with Crippen LogP contribution < -0.4 is 10.6 Å². The maximum absolute atomic E-state index is 12.1. The zero-order chi connectivity index (χ0) is 17.4. The largest absolute Gasteiger partial charge is 0.389 e. The van der Waals surface area contributed by atoms with Crippen LogP contribution in [0.2, 0.25) is 0 Å². The van der Waals surface area contributed by atoms with Crippen LogP contribution in [0.5, 0.6) is 0 Å². The van der Waals surface area contributed by atoms with Crippen molar-refractivity contribution in [1.29, 1.82) is 5.26 Å². The van der Waals surface area contributed by atoms with Crippen LogP contribution >= 0.6 is 15.9 Å². The Hall–Kier alpha value is -2.58. The lowest BCUT2D eigenvalue weighted by molar-refractivity contribution is -0.112. The second-order valence-corrected chi connectivity index (χ2v) is 6.24. The number of halogens is 1. The van der Waals surface area contributed by atoms with Crippen LogP contribution in [0.3, 0.4) is 0 Å². The zero-order valence-corrected chi connectivity index (χ0v) is 14.9. The minimum Gasteiger partial charge on any atom is -0.389 e. The highest BCUT2D eigenvalue weighted by atomic mass is 79.9. The number of nitriles is 1. The number of hydrogen-bond donors (Lipinski definition) is 2. The molecule has 2 N–H and O–H groups in total. The van der Waals surface area contributed by atoms with Gasteiger partial charge in [-0.05, 0) is 48.7 Å². The van der Waals surface area contributed by atoms with Crippen molar-refractivity contribution in [3.8, 4) is 6.07 Å². The lowest BCUT2D eigenvalue weighted by atomic mass is 10.1. The molecule has 0 saturated carbocycles. The van der Waals surface area contributed by atoms with E-state index in [4.69, 9.17) is 5.26 Å². The summed E-state index contributed by atoms with van der Waals surface area (Å²) in [5.74, 6) is -0.417. The molecule has 5 heteroatoms. The molecule has 2 aromatic carbocycles. The van der Waals surface area contributed by atoms with Crippen LogP contribution in [-0.2, 0) is 11.2 Å². The summed E-state index contributed by atoms with van der Waals surface area (Å²) in [6.07, 6.45) is 2.27. The van der Waals surface area contributed by atoms with Gasteiger partial charge in [0.2, 0.25) is 0 Å². The number of carbonyl (C=O) groups is 1. The van der Waals surface area contributed by atoms with Crippen LogP contribution in [0.4, 0.5) is 5.69 Å². The van der Waals surface area contributed by atoms with Gasteiger partial charge in [-0.2, -0.15) is 5.26 Å². The standard InChI is InChI=1S/C19H18BrN3O/c1-14-3-2-4-18(11-14)23-19(24)16(12-21)13-22-10-9-15-5-7-17(20)8-6-15/h2-8,11,13,22H,9-10H2,1H3,(H,23,24)/b16-13-. The van der Waals surface area contributed by atoms with Gasteiger partial charge in [0.25, 0.3) is 5.91 Å². The number of hydrogen-bond acceptors (Lipinski definition) is 3. The molecule has 0 aliphatic heterocycles. The Morgan fingerprint density at radius 1 is 1.25 bits per heavy atom. The van der Waals surface area contributed by atoms with Crippen LogP contribution in [0.25, 0.3) is 0 Å². The van der Waals surface area contributed by atoms with E-state index in [1.165, 1.54) is 11.8 Å². The minimum absolute atomic E-state index is 0.0484. The zero-order valence-electron chi connectivity index (χ0n) is 13.3. The van der Waals surface area contributed by atoms with Crippen molar-refractivity contribution in [2.45, 2.75) is 13.3 Å². The van der Waals surface area contributed by atoms with Gasteiger partial charge in [-0.25, -0.2) is 0 Å². The van der Waals surface area contributed by atoms with Crippen molar-refractivity contribution < 1.29 is 4.79 Å². The molecular formula is C19H18BrN3O. The van der Waals surface area contributed by atoms with Crippen LogP contribution in [0.15, 0.2) is 64.8 Å². The van der Waals surface area contributed by atoms with Gasteiger partial charge in [-0.1, -0.05) is 40.2 Å². The molecule has 0 heterocycles. The van der Waals surface area contributed by atoms with Crippen LogP contribution in [0.1, 0.15) is 11.1 Å². The lowest BCUT2D eigenvalue weighted by Crippen LogP contribution is -2.18. The highest BCUT2D eigenvalue weighted by molar-refractivity contribution is 9.10. The van der Waals surface area contributed by atoms with E-state index in [1.54, 1.807) is 6.07 Å². The molecule has 0 aliphatic rings. The van der Waals surface area contributed by atoms with Crippen molar-refractivity contribution in [2.75, 3.05) is 11.9 Å². The number of amides is 1. The van der Waals surface area contributed by atoms with E-state index < -0.39 is 5.91 Å². The molecule has 0 aromatic heterocycles. The Labute approximate surface area is 150 Å². The molecule has 4 nitrogen and oxygen atoms in total. The Balaban J connectivity index is 1.87. The van der Waals surface area contributed by atoms with Crippen LogP contribution in [-0.4, -0.2) is 12.5 Å².